The number of nitrogens with zero attached hydrogens (tertiary/aromatic N) is 1. The highest BCUT2D eigenvalue weighted by atomic mass is 16.3. The van der Waals surface area contributed by atoms with Gasteiger partial charge in [-0.1, -0.05) is 6.07 Å². The number of hydrogen-bond acceptors (Lipinski definition) is 5. The van der Waals surface area contributed by atoms with E-state index in [0.29, 0.717) is 11.6 Å². The van der Waals surface area contributed by atoms with Crippen molar-refractivity contribution in [2.75, 3.05) is 10.7 Å². The van der Waals surface area contributed by atoms with E-state index < -0.39 is 11.6 Å². The number of nitrogens with two attached hydrogens (primary N) is 1. The van der Waals surface area contributed by atoms with E-state index in [9.17, 15) is 5.11 Å². The monoisotopic (exact) mass is 210 g/mol. The zero-order chi connectivity index (χ0) is 11.5. The number of aliphatic hydroxyl groups excluding tert-OH is 1. The molecule has 0 aliphatic carbocycles. The molecule has 1 atom stereocenters. The van der Waals surface area contributed by atoms with Crippen LogP contribution in [0.1, 0.15) is 20.8 Å². The maximum atomic E-state index is 9.54. The van der Waals surface area contributed by atoms with E-state index in [1.807, 2.05) is 26.0 Å². The van der Waals surface area contributed by atoms with E-state index in [1.54, 1.807) is 13.0 Å². The van der Waals surface area contributed by atoms with E-state index >= 15 is 0 Å². The van der Waals surface area contributed by atoms with Crippen LogP contribution in [0.2, 0.25) is 0 Å². The molecule has 0 fully saturated rings. The van der Waals surface area contributed by atoms with Gasteiger partial charge in [0, 0.05) is 0 Å². The predicted molar refractivity (Wildman–Crippen MR) is 61.4 cm³/mol. The summed E-state index contributed by atoms with van der Waals surface area (Å²) in [6.45, 7) is 5.54. The second-order valence-corrected chi connectivity index (χ2v) is 4.08. The van der Waals surface area contributed by atoms with Gasteiger partial charge in [-0.2, -0.15) is 0 Å². The Balaban J connectivity index is 2.80. The Kier molecular flexibility index (Phi) is 3.49. The molecular formula is C10H18N4O. The lowest BCUT2D eigenvalue weighted by Gasteiger charge is -2.30. The second kappa shape index (κ2) is 4.46. The third-order valence-electron chi connectivity index (χ3n) is 2.39. The lowest BCUT2D eigenvalue weighted by atomic mass is 9.99. The fourth-order valence-corrected chi connectivity index (χ4v) is 1.02. The van der Waals surface area contributed by atoms with Gasteiger partial charge in [-0.05, 0) is 32.9 Å². The van der Waals surface area contributed by atoms with E-state index in [1.165, 1.54) is 0 Å². The van der Waals surface area contributed by atoms with Crippen molar-refractivity contribution in [3.63, 3.8) is 0 Å². The zero-order valence-corrected chi connectivity index (χ0v) is 9.28. The fraction of sp³-hybridized carbons (Fsp3) is 0.500. The van der Waals surface area contributed by atoms with Gasteiger partial charge in [-0.25, -0.2) is 10.8 Å². The van der Waals surface area contributed by atoms with E-state index in [0.717, 1.165) is 0 Å². The molecule has 0 amide bonds. The molecule has 1 aromatic rings. The van der Waals surface area contributed by atoms with Crippen LogP contribution in [-0.4, -0.2) is 21.7 Å². The summed E-state index contributed by atoms with van der Waals surface area (Å²) in [7, 11) is 0. The molecule has 0 aliphatic rings. The van der Waals surface area contributed by atoms with Crippen molar-refractivity contribution in [2.24, 2.45) is 5.84 Å². The number of aromatic nitrogens is 1. The van der Waals surface area contributed by atoms with Crippen LogP contribution in [0.3, 0.4) is 0 Å². The Morgan fingerprint density at radius 2 is 2.00 bits per heavy atom. The fourth-order valence-electron chi connectivity index (χ4n) is 1.02. The molecule has 0 radical (unpaired) electrons. The first kappa shape index (κ1) is 11.7. The number of pyridine rings is 1. The number of hydrogen-bond donors (Lipinski definition) is 4. The Labute approximate surface area is 89.7 Å². The molecule has 5 N–H and O–H groups in total. The highest BCUT2D eigenvalue weighted by Gasteiger charge is 2.23. The topological polar surface area (TPSA) is 83.2 Å². The van der Waals surface area contributed by atoms with Crippen LogP contribution in [0.25, 0.3) is 0 Å². The Hall–Kier alpha value is -1.33. The third kappa shape index (κ3) is 3.07. The number of rotatable bonds is 4. The quantitative estimate of drug-likeness (QED) is 0.439. The molecule has 1 rings (SSSR count). The summed E-state index contributed by atoms with van der Waals surface area (Å²) < 4.78 is 0. The molecule has 1 unspecified atom stereocenters. The van der Waals surface area contributed by atoms with Gasteiger partial charge in [0.25, 0.3) is 0 Å². The summed E-state index contributed by atoms with van der Waals surface area (Å²) in [4.78, 5) is 4.20. The molecule has 84 valence electrons. The second-order valence-electron chi connectivity index (χ2n) is 4.08. The molecule has 15 heavy (non-hydrogen) atoms. The number of nitrogen functional groups attached to an aromatic ring is 1. The van der Waals surface area contributed by atoms with Gasteiger partial charge in [0.05, 0.1) is 11.6 Å². The van der Waals surface area contributed by atoms with Crippen molar-refractivity contribution < 1.29 is 5.11 Å². The number of nitrogens with one attached hydrogen (secondary N) is 2. The highest BCUT2D eigenvalue weighted by molar-refractivity contribution is 5.45. The maximum Gasteiger partial charge on any atom is 0.142 e. The van der Waals surface area contributed by atoms with Crippen molar-refractivity contribution in [3.8, 4) is 0 Å². The number of anilines is 2. The van der Waals surface area contributed by atoms with Crippen LogP contribution in [0.15, 0.2) is 18.2 Å². The van der Waals surface area contributed by atoms with Gasteiger partial charge < -0.3 is 15.8 Å². The van der Waals surface area contributed by atoms with Crippen LogP contribution < -0.4 is 16.6 Å². The minimum Gasteiger partial charge on any atom is -0.391 e. The van der Waals surface area contributed by atoms with E-state index in [2.05, 4.69) is 15.7 Å². The highest BCUT2D eigenvalue weighted by Crippen LogP contribution is 2.17. The van der Waals surface area contributed by atoms with Crippen LogP contribution in [0.5, 0.6) is 0 Å². The lowest BCUT2D eigenvalue weighted by molar-refractivity contribution is 0.133. The van der Waals surface area contributed by atoms with Crippen LogP contribution in [-0.2, 0) is 0 Å². The van der Waals surface area contributed by atoms with Gasteiger partial charge in [0.15, 0.2) is 0 Å². The molecule has 0 aliphatic heterocycles. The third-order valence-corrected chi connectivity index (χ3v) is 2.39. The molecule has 0 spiro atoms. The van der Waals surface area contributed by atoms with Gasteiger partial charge in [-0.3, -0.25) is 0 Å². The molecule has 5 heteroatoms. The molecule has 5 nitrogen and oxygen atoms in total. The Morgan fingerprint density at radius 3 is 2.53 bits per heavy atom. The normalized spacial score (nSPS) is 13.4. The van der Waals surface area contributed by atoms with Crippen molar-refractivity contribution in [1.29, 1.82) is 0 Å². The van der Waals surface area contributed by atoms with E-state index in [4.69, 9.17) is 5.84 Å². The molecule has 0 saturated carbocycles. The first-order chi connectivity index (χ1) is 6.95. The van der Waals surface area contributed by atoms with Crippen molar-refractivity contribution in [2.45, 2.75) is 32.4 Å². The van der Waals surface area contributed by atoms with Gasteiger partial charge in [0.2, 0.25) is 0 Å². The maximum absolute atomic E-state index is 9.54. The first-order valence-corrected chi connectivity index (χ1v) is 4.85. The van der Waals surface area contributed by atoms with Gasteiger partial charge in [-0.15, -0.1) is 0 Å². The smallest absolute Gasteiger partial charge is 0.142 e. The average molecular weight is 210 g/mol. The minimum absolute atomic E-state index is 0.430. The Morgan fingerprint density at radius 1 is 1.40 bits per heavy atom. The Bertz CT molecular complexity index is 325. The predicted octanol–water partition coefficient (Wildman–Crippen LogP) is 0.938. The van der Waals surface area contributed by atoms with Crippen molar-refractivity contribution >= 4 is 11.6 Å². The summed E-state index contributed by atoms with van der Waals surface area (Å²) in [5.41, 5.74) is 2.04. The molecule has 0 aromatic carbocycles. The largest absolute Gasteiger partial charge is 0.391 e. The van der Waals surface area contributed by atoms with Crippen LogP contribution >= 0.6 is 0 Å². The molecule has 0 bridgehead atoms. The molecule has 0 saturated heterocycles. The summed E-state index contributed by atoms with van der Waals surface area (Å²) >= 11 is 0. The molecule has 1 heterocycles. The first-order valence-electron chi connectivity index (χ1n) is 4.85. The summed E-state index contributed by atoms with van der Waals surface area (Å²) in [5.74, 6) is 6.51. The molecule has 1 aromatic heterocycles. The van der Waals surface area contributed by atoms with Crippen LogP contribution in [0, 0.1) is 0 Å². The van der Waals surface area contributed by atoms with Crippen molar-refractivity contribution in [1.82, 2.24) is 4.98 Å². The standard InChI is InChI=1S/C10H18N4O/c1-7(15)10(2,3)13-8-5-4-6-9(12-8)14-11/h4-7,15H,11H2,1-3H3,(H2,12,13,14). The van der Waals surface area contributed by atoms with Gasteiger partial charge >= 0.3 is 0 Å². The number of hydrazine groups is 1. The zero-order valence-electron chi connectivity index (χ0n) is 9.28. The minimum atomic E-state index is -0.478. The molecular weight excluding hydrogens is 192 g/mol. The van der Waals surface area contributed by atoms with Crippen LogP contribution in [0.4, 0.5) is 11.6 Å². The summed E-state index contributed by atoms with van der Waals surface area (Å²) in [6, 6.07) is 5.42. The lowest BCUT2D eigenvalue weighted by Crippen LogP contribution is -2.42. The summed E-state index contributed by atoms with van der Waals surface area (Å²) in [6.07, 6.45) is -0.478. The van der Waals surface area contributed by atoms with Gasteiger partial charge in [0.1, 0.15) is 11.6 Å². The summed E-state index contributed by atoms with van der Waals surface area (Å²) in [5, 5.41) is 12.7. The van der Waals surface area contributed by atoms with E-state index in [-0.39, 0.29) is 0 Å². The number of aliphatic hydroxyl groups is 1. The van der Waals surface area contributed by atoms with Crippen molar-refractivity contribution in [3.05, 3.63) is 18.2 Å². The SMILES string of the molecule is CC(O)C(C)(C)Nc1cccc(NN)n1. The average Bonchev–Trinajstić information content (AvgIpc) is 2.17.